The lowest BCUT2D eigenvalue weighted by atomic mass is 10.1. The summed E-state index contributed by atoms with van der Waals surface area (Å²) in [7, 11) is 0. The summed E-state index contributed by atoms with van der Waals surface area (Å²) in [5.41, 5.74) is 1.95. The molecule has 0 fully saturated rings. The van der Waals surface area contributed by atoms with Gasteiger partial charge in [0.05, 0.1) is 18.5 Å². The number of hydrogen-bond donors (Lipinski definition) is 1. The van der Waals surface area contributed by atoms with E-state index in [2.05, 4.69) is 44.7 Å². The zero-order chi connectivity index (χ0) is 17.2. The van der Waals surface area contributed by atoms with Crippen LogP contribution in [0.1, 0.15) is 48.4 Å². The molecule has 0 amide bonds. The Bertz CT molecular complexity index is 822. The van der Waals surface area contributed by atoms with Crippen molar-refractivity contribution in [3.8, 4) is 0 Å². The number of nitrogens with one attached hydrogen (secondary N) is 1. The smallest absolute Gasteiger partial charge is 0.231 e. The van der Waals surface area contributed by atoms with Crippen LogP contribution in [0.3, 0.4) is 0 Å². The van der Waals surface area contributed by atoms with Crippen molar-refractivity contribution in [2.45, 2.75) is 46.2 Å². The van der Waals surface area contributed by atoms with Gasteiger partial charge in [-0.2, -0.15) is 9.97 Å². The quantitative estimate of drug-likeness (QED) is 0.744. The minimum absolute atomic E-state index is 0.450. The maximum atomic E-state index is 5.35. The summed E-state index contributed by atoms with van der Waals surface area (Å²) >= 11 is 0. The normalized spacial score (nSPS) is 11.8. The van der Waals surface area contributed by atoms with E-state index in [9.17, 15) is 0 Å². The van der Waals surface area contributed by atoms with Crippen LogP contribution < -0.4 is 5.32 Å². The summed E-state index contributed by atoms with van der Waals surface area (Å²) in [6.07, 6.45) is 0.632. The number of benzene rings is 1. The van der Waals surface area contributed by atoms with Crippen LogP contribution in [0, 0.1) is 13.8 Å². The van der Waals surface area contributed by atoms with Gasteiger partial charge in [-0.1, -0.05) is 34.6 Å². The molecule has 1 N–H and O–H groups in total. The Balaban J connectivity index is 1.63. The molecule has 3 aromatic rings. The third-order valence-corrected chi connectivity index (χ3v) is 3.89. The van der Waals surface area contributed by atoms with Crippen molar-refractivity contribution in [2.24, 2.45) is 0 Å². The van der Waals surface area contributed by atoms with Gasteiger partial charge in [0.1, 0.15) is 0 Å². The molecule has 0 atom stereocenters. The van der Waals surface area contributed by atoms with Gasteiger partial charge in [-0.25, -0.2) is 0 Å². The molecule has 0 spiro atoms. The average molecular weight is 327 g/mol. The van der Waals surface area contributed by atoms with E-state index in [0.717, 1.165) is 0 Å². The molecule has 24 heavy (non-hydrogen) atoms. The predicted octanol–water partition coefficient (Wildman–Crippen LogP) is 2.69. The third kappa shape index (κ3) is 3.68. The van der Waals surface area contributed by atoms with Crippen molar-refractivity contribution in [3.63, 3.8) is 0 Å². The maximum Gasteiger partial charge on any atom is 0.231 e. The molecule has 2 heterocycles. The Morgan fingerprint density at radius 2 is 1.83 bits per heavy atom. The van der Waals surface area contributed by atoms with Gasteiger partial charge in [0.25, 0.3) is 0 Å². The standard InChI is InChI=1S/C17H21N5O2/c1-11-7-5-6-8-13(11)9-15-20-14(21-24-15)10-18-17(3,4)16-19-12(2)23-22-16/h5-8,18H,9-10H2,1-4H3. The van der Waals surface area contributed by atoms with Gasteiger partial charge in [-0.05, 0) is 31.9 Å². The van der Waals surface area contributed by atoms with E-state index in [0.29, 0.717) is 36.4 Å². The molecule has 0 saturated carbocycles. The Labute approximate surface area is 140 Å². The van der Waals surface area contributed by atoms with Crippen molar-refractivity contribution >= 4 is 0 Å². The molecule has 0 aliphatic heterocycles. The second kappa shape index (κ2) is 6.52. The Kier molecular flexibility index (Phi) is 4.44. The monoisotopic (exact) mass is 327 g/mol. The van der Waals surface area contributed by atoms with Crippen molar-refractivity contribution in [3.05, 3.63) is 58.8 Å². The van der Waals surface area contributed by atoms with Crippen LogP contribution in [0.15, 0.2) is 33.3 Å². The minimum Gasteiger partial charge on any atom is -0.340 e. The molecule has 0 unspecified atom stereocenters. The zero-order valence-corrected chi connectivity index (χ0v) is 14.3. The highest BCUT2D eigenvalue weighted by atomic mass is 16.5. The SMILES string of the molecule is Cc1nc(C(C)(C)NCc2noc(Cc3ccccc3C)n2)no1. The van der Waals surface area contributed by atoms with Crippen molar-refractivity contribution in [1.29, 1.82) is 0 Å². The fraction of sp³-hybridized carbons (Fsp3) is 0.412. The minimum atomic E-state index is -0.450. The number of aromatic nitrogens is 4. The lowest BCUT2D eigenvalue weighted by molar-refractivity contribution is 0.330. The van der Waals surface area contributed by atoms with E-state index >= 15 is 0 Å². The Morgan fingerprint density at radius 3 is 2.54 bits per heavy atom. The summed E-state index contributed by atoms with van der Waals surface area (Å²) in [4.78, 5) is 8.70. The zero-order valence-electron chi connectivity index (χ0n) is 14.3. The molecule has 2 aromatic heterocycles. The fourth-order valence-corrected chi connectivity index (χ4v) is 2.34. The van der Waals surface area contributed by atoms with Crippen molar-refractivity contribution in [2.75, 3.05) is 0 Å². The van der Waals surface area contributed by atoms with Crippen LogP contribution >= 0.6 is 0 Å². The second-order valence-corrected chi connectivity index (χ2v) is 6.32. The lowest BCUT2D eigenvalue weighted by Gasteiger charge is -2.21. The number of hydrogen-bond acceptors (Lipinski definition) is 7. The topological polar surface area (TPSA) is 89.9 Å². The van der Waals surface area contributed by atoms with Gasteiger partial charge < -0.3 is 9.05 Å². The molecule has 126 valence electrons. The molecular weight excluding hydrogens is 306 g/mol. The largest absolute Gasteiger partial charge is 0.340 e. The van der Waals surface area contributed by atoms with Gasteiger partial charge in [0.15, 0.2) is 11.6 Å². The number of rotatable bonds is 6. The van der Waals surface area contributed by atoms with E-state index in [4.69, 9.17) is 9.05 Å². The molecule has 0 aliphatic carbocycles. The maximum absolute atomic E-state index is 5.35. The van der Waals surface area contributed by atoms with E-state index in [1.54, 1.807) is 6.92 Å². The molecular formula is C17H21N5O2. The first-order chi connectivity index (χ1) is 11.4. The summed E-state index contributed by atoms with van der Waals surface area (Å²) < 4.78 is 10.4. The Hall–Kier alpha value is -2.54. The van der Waals surface area contributed by atoms with E-state index < -0.39 is 5.54 Å². The predicted molar refractivity (Wildman–Crippen MR) is 87.2 cm³/mol. The van der Waals surface area contributed by atoms with Crippen molar-refractivity contribution < 1.29 is 9.05 Å². The van der Waals surface area contributed by atoms with Crippen LogP contribution in [0.2, 0.25) is 0 Å². The first kappa shape index (κ1) is 16.3. The van der Waals surface area contributed by atoms with Gasteiger partial charge in [-0.15, -0.1) is 0 Å². The fourth-order valence-electron chi connectivity index (χ4n) is 2.34. The lowest BCUT2D eigenvalue weighted by Crippen LogP contribution is -2.37. The molecule has 7 nitrogen and oxygen atoms in total. The van der Waals surface area contributed by atoms with Crippen LogP contribution in [0.5, 0.6) is 0 Å². The molecule has 0 saturated heterocycles. The van der Waals surface area contributed by atoms with E-state index in [1.165, 1.54) is 11.1 Å². The number of nitrogens with zero attached hydrogens (tertiary/aromatic N) is 4. The van der Waals surface area contributed by atoms with E-state index in [-0.39, 0.29) is 0 Å². The third-order valence-electron chi connectivity index (χ3n) is 3.89. The van der Waals surface area contributed by atoms with E-state index in [1.807, 2.05) is 26.0 Å². The Morgan fingerprint density at radius 1 is 1.04 bits per heavy atom. The molecule has 3 rings (SSSR count). The van der Waals surface area contributed by atoms with Crippen molar-refractivity contribution in [1.82, 2.24) is 25.6 Å². The highest BCUT2D eigenvalue weighted by Crippen LogP contribution is 2.17. The molecule has 0 bridgehead atoms. The van der Waals surface area contributed by atoms with Gasteiger partial charge in [-0.3, -0.25) is 5.32 Å². The van der Waals surface area contributed by atoms with Gasteiger partial charge in [0, 0.05) is 6.92 Å². The van der Waals surface area contributed by atoms with Crippen LogP contribution in [0.25, 0.3) is 0 Å². The number of aryl methyl sites for hydroxylation is 2. The summed E-state index contributed by atoms with van der Waals surface area (Å²) in [5, 5.41) is 11.3. The molecule has 1 aromatic carbocycles. The highest BCUT2D eigenvalue weighted by molar-refractivity contribution is 5.27. The van der Waals surface area contributed by atoms with Crippen LogP contribution in [-0.4, -0.2) is 20.3 Å². The van der Waals surface area contributed by atoms with Crippen LogP contribution in [-0.2, 0) is 18.5 Å². The first-order valence-electron chi connectivity index (χ1n) is 7.86. The van der Waals surface area contributed by atoms with Gasteiger partial charge in [0.2, 0.25) is 11.8 Å². The molecule has 0 aliphatic rings. The summed E-state index contributed by atoms with van der Waals surface area (Å²) in [5.74, 6) is 2.35. The highest BCUT2D eigenvalue weighted by Gasteiger charge is 2.26. The molecule has 0 radical (unpaired) electrons. The van der Waals surface area contributed by atoms with Gasteiger partial charge >= 0.3 is 0 Å². The first-order valence-corrected chi connectivity index (χ1v) is 7.86. The molecule has 7 heteroatoms. The average Bonchev–Trinajstić information content (AvgIpc) is 3.17. The second-order valence-electron chi connectivity index (χ2n) is 6.32. The summed E-state index contributed by atoms with van der Waals surface area (Å²) in [6.45, 7) is 8.25. The summed E-state index contributed by atoms with van der Waals surface area (Å²) in [6, 6.07) is 8.17. The van der Waals surface area contributed by atoms with Crippen LogP contribution in [0.4, 0.5) is 0 Å².